The molecule has 0 saturated carbocycles. The van der Waals surface area contributed by atoms with E-state index in [-0.39, 0.29) is 12.5 Å². The third kappa shape index (κ3) is 4.41. The van der Waals surface area contributed by atoms with Gasteiger partial charge in [0.2, 0.25) is 5.91 Å². The average molecular weight is 328 g/mol. The second-order valence-corrected chi connectivity index (χ2v) is 5.82. The van der Waals surface area contributed by atoms with Crippen molar-refractivity contribution in [1.82, 2.24) is 0 Å². The van der Waals surface area contributed by atoms with Gasteiger partial charge in [0, 0.05) is 24.5 Å². The van der Waals surface area contributed by atoms with Crippen LogP contribution in [0, 0.1) is 13.8 Å². The minimum Gasteiger partial charge on any atom is -0.493 e. The number of rotatable bonds is 6. The third-order valence-corrected chi connectivity index (χ3v) is 3.70. The Kier molecular flexibility index (Phi) is 5.68. The molecule has 0 heterocycles. The number of carbonyl (C=O) groups excluding carboxylic acids is 1. The van der Waals surface area contributed by atoms with Crippen LogP contribution in [0.3, 0.4) is 0 Å². The van der Waals surface area contributed by atoms with E-state index in [4.69, 9.17) is 9.47 Å². The molecule has 5 heteroatoms. The van der Waals surface area contributed by atoms with Crippen molar-refractivity contribution in [1.29, 1.82) is 0 Å². The van der Waals surface area contributed by atoms with Gasteiger partial charge in [0.25, 0.3) is 0 Å². The molecule has 0 atom stereocenters. The molecule has 0 saturated heterocycles. The van der Waals surface area contributed by atoms with Crippen molar-refractivity contribution in [2.45, 2.75) is 13.8 Å². The second-order valence-electron chi connectivity index (χ2n) is 5.82. The SMILES string of the molecule is COc1ccc(NC(=O)CN(C)c2cc(C)cc(C)c2)cc1OC. The summed E-state index contributed by atoms with van der Waals surface area (Å²) in [6.07, 6.45) is 0. The number of amides is 1. The molecule has 0 bridgehead atoms. The van der Waals surface area contributed by atoms with Gasteiger partial charge in [-0.3, -0.25) is 4.79 Å². The van der Waals surface area contributed by atoms with Crippen LogP contribution in [0.25, 0.3) is 0 Å². The molecule has 2 aromatic rings. The molecule has 0 aliphatic heterocycles. The van der Waals surface area contributed by atoms with E-state index in [1.54, 1.807) is 32.4 Å². The van der Waals surface area contributed by atoms with Crippen molar-refractivity contribution in [2.75, 3.05) is 38.0 Å². The van der Waals surface area contributed by atoms with Crippen molar-refractivity contribution >= 4 is 17.3 Å². The van der Waals surface area contributed by atoms with Gasteiger partial charge in [-0.2, -0.15) is 0 Å². The number of hydrogen-bond acceptors (Lipinski definition) is 4. The molecule has 2 rings (SSSR count). The van der Waals surface area contributed by atoms with Crippen LogP contribution in [-0.4, -0.2) is 33.7 Å². The molecule has 128 valence electrons. The lowest BCUT2D eigenvalue weighted by Gasteiger charge is -2.20. The van der Waals surface area contributed by atoms with E-state index in [9.17, 15) is 4.79 Å². The van der Waals surface area contributed by atoms with Gasteiger partial charge in [0.1, 0.15) is 0 Å². The van der Waals surface area contributed by atoms with Gasteiger partial charge in [-0.25, -0.2) is 0 Å². The molecule has 0 aliphatic carbocycles. The molecular formula is C19H24N2O3. The van der Waals surface area contributed by atoms with Crippen LogP contribution >= 0.6 is 0 Å². The highest BCUT2D eigenvalue weighted by Crippen LogP contribution is 2.29. The van der Waals surface area contributed by atoms with Crippen LogP contribution in [0.1, 0.15) is 11.1 Å². The van der Waals surface area contributed by atoms with E-state index in [0.29, 0.717) is 17.2 Å². The molecule has 1 amide bonds. The van der Waals surface area contributed by atoms with E-state index in [2.05, 4.69) is 23.5 Å². The van der Waals surface area contributed by atoms with Crippen molar-refractivity contribution in [2.24, 2.45) is 0 Å². The highest BCUT2D eigenvalue weighted by molar-refractivity contribution is 5.94. The zero-order valence-corrected chi connectivity index (χ0v) is 14.8. The minimum atomic E-state index is -0.0936. The zero-order chi connectivity index (χ0) is 17.7. The Morgan fingerprint density at radius 3 is 2.21 bits per heavy atom. The Morgan fingerprint density at radius 2 is 1.62 bits per heavy atom. The number of aryl methyl sites for hydroxylation is 2. The summed E-state index contributed by atoms with van der Waals surface area (Å²) in [4.78, 5) is 14.2. The molecule has 2 aromatic carbocycles. The number of benzene rings is 2. The Labute approximate surface area is 143 Å². The molecule has 0 aliphatic rings. The van der Waals surface area contributed by atoms with Crippen LogP contribution in [0.15, 0.2) is 36.4 Å². The normalized spacial score (nSPS) is 10.2. The zero-order valence-electron chi connectivity index (χ0n) is 14.8. The summed E-state index contributed by atoms with van der Waals surface area (Å²) in [5, 5.41) is 2.88. The van der Waals surface area contributed by atoms with Crippen molar-refractivity contribution in [3.05, 3.63) is 47.5 Å². The Balaban J connectivity index is 2.05. The molecule has 1 N–H and O–H groups in total. The summed E-state index contributed by atoms with van der Waals surface area (Å²) >= 11 is 0. The van der Waals surface area contributed by atoms with Crippen LogP contribution in [0.4, 0.5) is 11.4 Å². The van der Waals surface area contributed by atoms with E-state index in [1.165, 1.54) is 11.1 Å². The van der Waals surface area contributed by atoms with Gasteiger partial charge in [-0.15, -0.1) is 0 Å². The number of nitrogens with one attached hydrogen (secondary N) is 1. The maximum absolute atomic E-state index is 12.3. The van der Waals surface area contributed by atoms with Gasteiger partial charge >= 0.3 is 0 Å². The van der Waals surface area contributed by atoms with E-state index in [0.717, 1.165) is 5.69 Å². The highest BCUT2D eigenvalue weighted by atomic mass is 16.5. The number of hydrogen-bond donors (Lipinski definition) is 1. The van der Waals surface area contributed by atoms with Crippen molar-refractivity contribution in [3.8, 4) is 11.5 Å². The predicted octanol–water partition coefficient (Wildman–Crippen LogP) is 3.40. The molecule has 0 aromatic heterocycles. The summed E-state index contributed by atoms with van der Waals surface area (Å²) in [5.41, 5.74) is 4.05. The molecular weight excluding hydrogens is 304 g/mol. The smallest absolute Gasteiger partial charge is 0.243 e. The second kappa shape index (κ2) is 7.73. The fourth-order valence-corrected chi connectivity index (χ4v) is 2.59. The molecule has 0 radical (unpaired) electrons. The van der Waals surface area contributed by atoms with Gasteiger partial charge in [-0.05, 0) is 49.2 Å². The summed E-state index contributed by atoms with van der Waals surface area (Å²) in [6, 6.07) is 11.5. The van der Waals surface area contributed by atoms with E-state index >= 15 is 0 Å². The topological polar surface area (TPSA) is 50.8 Å². The van der Waals surface area contributed by atoms with Crippen molar-refractivity contribution < 1.29 is 14.3 Å². The lowest BCUT2D eigenvalue weighted by Crippen LogP contribution is -2.30. The minimum absolute atomic E-state index is 0.0936. The van der Waals surface area contributed by atoms with Gasteiger partial charge < -0.3 is 19.7 Å². The maximum atomic E-state index is 12.3. The van der Waals surface area contributed by atoms with Crippen LogP contribution in [-0.2, 0) is 4.79 Å². The summed E-state index contributed by atoms with van der Waals surface area (Å²) in [7, 11) is 5.05. The molecule has 24 heavy (non-hydrogen) atoms. The maximum Gasteiger partial charge on any atom is 0.243 e. The first-order valence-electron chi connectivity index (χ1n) is 7.74. The fourth-order valence-electron chi connectivity index (χ4n) is 2.59. The number of anilines is 2. The molecule has 0 unspecified atom stereocenters. The highest BCUT2D eigenvalue weighted by Gasteiger charge is 2.11. The molecule has 5 nitrogen and oxygen atoms in total. The number of methoxy groups -OCH3 is 2. The van der Waals surface area contributed by atoms with Gasteiger partial charge in [0.15, 0.2) is 11.5 Å². The predicted molar refractivity (Wildman–Crippen MR) is 97.4 cm³/mol. The number of nitrogens with zero attached hydrogens (tertiary/aromatic N) is 1. The standard InChI is InChI=1S/C19H24N2O3/c1-13-8-14(2)10-16(9-13)21(3)12-19(22)20-15-6-7-17(23-4)18(11-15)24-5/h6-11H,12H2,1-5H3,(H,20,22). The van der Waals surface area contributed by atoms with E-state index < -0.39 is 0 Å². The fraction of sp³-hybridized carbons (Fsp3) is 0.316. The Hall–Kier alpha value is -2.69. The van der Waals surface area contributed by atoms with Crippen LogP contribution in [0.2, 0.25) is 0 Å². The van der Waals surface area contributed by atoms with E-state index in [1.807, 2.05) is 25.8 Å². The quantitative estimate of drug-likeness (QED) is 0.883. The largest absolute Gasteiger partial charge is 0.493 e. The first-order valence-corrected chi connectivity index (χ1v) is 7.74. The Bertz CT molecular complexity index is 708. The Morgan fingerprint density at radius 1 is 1.00 bits per heavy atom. The first kappa shape index (κ1) is 17.7. The molecule has 0 spiro atoms. The summed E-state index contributed by atoms with van der Waals surface area (Å²) in [5.74, 6) is 1.12. The third-order valence-electron chi connectivity index (χ3n) is 3.70. The van der Waals surface area contributed by atoms with Gasteiger partial charge in [-0.1, -0.05) is 6.07 Å². The van der Waals surface area contributed by atoms with Crippen molar-refractivity contribution in [3.63, 3.8) is 0 Å². The van der Waals surface area contributed by atoms with Crippen LogP contribution < -0.4 is 19.7 Å². The monoisotopic (exact) mass is 328 g/mol. The lowest BCUT2D eigenvalue weighted by atomic mass is 10.1. The van der Waals surface area contributed by atoms with Gasteiger partial charge in [0.05, 0.1) is 20.8 Å². The summed E-state index contributed by atoms with van der Waals surface area (Å²) in [6.45, 7) is 4.36. The number of likely N-dealkylation sites (N-methyl/N-ethyl adjacent to an activating group) is 1. The summed E-state index contributed by atoms with van der Waals surface area (Å²) < 4.78 is 10.4. The lowest BCUT2D eigenvalue weighted by molar-refractivity contribution is -0.114. The number of carbonyl (C=O) groups is 1. The van der Waals surface area contributed by atoms with Crippen LogP contribution in [0.5, 0.6) is 11.5 Å². The average Bonchev–Trinajstić information content (AvgIpc) is 2.53. The molecule has 0 fully saturated rings. The first-order chi connectivity index (χ1) is 11.4. The number of ether oxygens (including phenoxy) is 2.